The van der Waals surface area contributed by atoms with Crippen molar-refractivity contribution in [2.45, 2.75) is 25.7 Å². The number of hydrogen-bond acceptors (Lipinski definition) is 6. The van der Waals surface area contributed by atoms with Gasteiger partial charge in [-0.2, -0.15) is 0 Å². The molecule has 0 saturated carbocycles. The summed E-state index contributed by atoms with van der Waals surface area (Å²) in [7, 11) is 0. The summed E-state index contributed by atoms with van der Waals surface area (Å²) in [5.74, 6) is -0.343. The van der Waals surface area contributed by atoms with Gasteiger partial charge in [-0.3, -0.25) is 4.90 Å². The fourth-order valence-electron chi connectivity index (χ4n) is 3.53. The van der Waals surface area contributed by atoms with E-state index in [4.69, 9.17) is 9.84 Å². The van der Waals surface area contributed by atoms with Crippen molar-refractivity contribution in [3.8, 4) is 0 Å². The number of cyclic esters (lactones) is 1. The quantitative estimate of drug-likeness (QED) is 0.672. The number of carbonyl (C=O) groups is 2. The predicted molar refractivity (Wildman–Crippen MR) is 87.3 cm³/mol. The van der Waals surface area contributed by atoms with Crippen LogP contribution in [-0.2, 0) is 11.3 Å². The lowest BCUT2D eigenvalue weighted by Gasteiger charge is -2.40. The van der Waals surface area contributed by atoms with Gasteiger partial charge in [0.2, 0.25) is 0 Å². The van der Waals surface area contributed by atoms with Gasteiger partial charge in [0.15, 0.2) is 0 Å². The van der Waals surface area contributed by atoms with E-state index in [2.05, 4.69) is 0 Å². The van der Waals surface area contributed by atoms with E-state index < -0.39 is 12.2 Å². The Labute approximate surface area is 145 Å². The van der Waals surface area contributed by atoms with Gasteiger partial charge in [0.25, 0.3) is 0 Å². The average Bonchev–Trinajstić information content (AvgIpc) is 2.97. The Bertz CT molecular complexity index is 692. The van der Waals surface area contributed by atoms with E-state index in [1.165, 1.54) is 4.90 Å². The molecule has 0 spiro atoms. The molecule has 1 amide bonds. The van der Waals surface area contributed by atoms with Crippen molar-refractivity contribution in [3.63, 3.8) is 0 Å². The standard InChI is InChI=1S/C17H22N2O6/c1-10-12(2-3-13-14(10)9-25-16(13)22)15(21)7-18-4-5-19(17(23)24)6-11(18)8-20/h2-3,11,15,20-21H,4-9H2,1H3,(H,23,24)/t11?,15-/m0/s1. The number of ether oxygens (including phenoxy) is 1. The van der Waals surface area contributed by atoms with Crippen LogP contribution in [0.4, 0.5) is 4.79 Å². The van der Waals surface area contributed by atoms with E-state index in [-0.39, 0.29) is 38.3 Å². The van der Waals surface area contributed by atoms with E-state index >= 15 is 0 Å². The lowest BCUT2D eigenvalue weighted by Crippen LogP contribution is -2.56. The fraction of sp³-hybridized carbons (Fsp3) is 0.529. The molecule has 1 fully saturated rings. The highest BCUT2D eigenvalue weighted by Gasteiger charge is 2.31. The molecule has 8 heteroatoms. The summed E-state index contributed by atoms with van der Waals surface area (Å²) in [6.45, 7) is 3.17. The highest BCUT2D eigenvalue weighted by Crippen LogP contribution is 2.29. The lowest BCUT2D eigenvalue weighted by molar-refractivity contribution is 0.0129. The van der Waals surface area contributed by atoms with Crippen LogP contribution in [0.25, 0.3) is 0 Å². The smallest absolute Gasteiger partial charge is 0.407 e. The zero-order valence-electron chi connectivity index (χ0n) is 14.0. The van der Waals surface area contributed by atoms with Crippen LogP contribution in [0.1, 0.15) is 33.2 Å². The van der Waals surface area contributed by atoms with Crippen molar-refractivity contribution in [2.24, 2.45) is 0 Å². The topological polar surface area (TPSA) is 111 Å². The van der Waals surface area contributed by atoms with Crippen LogP contribution in [0.5, 0.6) is 0 Å². The molecule has 0 bridgehead atoms. The van der Waals surface area contributed by atoms with Crippen LogP contribution in [0.3, 0.4) is 0 Å². The lowest BCUT2D eigenvalue weighted by atomic mass is 9.95. The molecule has 2 atom stereocenters. The van der Waals surface area contributed by atoms with Crippen LogP contribution < -0.4 is 0 Å². The summed E-state index contributed by atoms with van der Waals surface area (Å²) in [5.41, 5.74) is 2.89. The van der Waals surface area contributed by atoms with Crippen molar-refractivity contribution in [2.75, 3.05) is 32.8 Å². The molecule has 1 aromatic carbocycles. The molecular formula is C17H22N2O6. The third-order valence-corrected chi connectivity index (χ3v) is 5.06. The van der Waals surface area contributed by atoms with E-state index in [0.717, 1.165) is 16.7 Å². The van der Waals surface area contributed by atoms with Crippen LogP contribution in [0.2, 0.25) is 0 Å². The molecule has 136 valence electrons. The maximum atomic E-state index is 11.6. The number of esters is 1. The van der Waals surface area contributed by atoms with Gasteiger partial charge in [0.05, 0.1) is 24.3 Å². The minimum absolute atomic E-state index is 0.179. The number of rotatable bonds is 4. The minimum Gasteiger partial charge on any atom is -0.465 e. The summed E-state index contributed by atoms with van der Waals surface area (Å²) >= 11 is 0. The number of β-amino-alcohol motifs (C(OH)–C–C–N with tert-alkyl or cyclic N) is 1. The molecule has 8 nitrogen and oxygen atoms in total. The summed E-state index contributed by atoms with van der Waals surface area (Å²) in [5, 5.41) is 29.3. The fourth-order valence-corrected chi connectivity index (χ4v) is 3.53. The minimum atomic E-state index is -1.00. The van der Waals surface area contributed by atoms with E-state index in [0.29, 0.717) is 18.7 Å². The van der Waals surface area contributed by atoms with Gasteiger partial charge >= 0.3 is 12.1 Å². The Morgan fingerprint density at radius 1 is 1.40 bits per heavy atom. The Morgan fingerprint density at radius 2 is 2.16 bits per heavy atom. The number of fused-ring (bicyclic) bond motifs is 1. The first kappa shape index (κ1) is 17.7. The van der Waals surface area contributed by atoms with Gasteiger partial charge in [-0.1, -0.05) is 6.07 Å². The summed E-state index contributed by atoms with van der Waals surface area (Å²) in [4.78, 5) is 25.9. The molecule has 1 unspecified atom stereocenters. The first-order valence-corrected chi connectivity index (χ1v) is 8.22. The number of carbonyl (C=O) groups excluding carboxylic acids is 1. The predicted octanol–water partition coefficient (Wildman–Crippen LogP) is 0.355. The van der Waals surface area contributed by atoms with E-state index in [9.17, 15) is 19.8 Å². The van der Waals surface area contributed by atoms with Crippen LogP contribution >= 0.6 is 0 Å². The number of piperazine rings is 1. The summed E-state index contributed by atoms with van der Waals surface area (Å²) < 4.78 is 5.03. The van der Waals surface area contributed by atoms with E-state index in [1.54, 1.807) is 12.1 Å². The van der Waals surface area contributed by atoms with Gasteiger partial charge in [0.1, 0.15) is 6.61 Å². The second-order valence-corrected chi connectivity index (χ2v) is 6.46. The molecule has 0 aromatic heterocycles. The highest BCUT2D eigenvalue weighted by atomic mass is 16.5. The second-order valence-electron chi connectivity index (χ2n) is 6.46. The van der Waals surface area contributed by atoms with Gasteiger partial charge in [-0.25, -0.2) is 9.59 Å². The van der Waals surface area contributed by atoms with Gasteiger partial charge in [-0.15, -0.1) is 0 Å². The number of nitrogens with zero attached hydrogens (tertiary/aromatic N) is 2. The van der Waals surface area contributed by atoms with Crippen LogP contribution in [0.15, 0.2) is 12.1 Å². The number of aliphatic hydroxyl groups excluding tert-OH is 2. The largest absolute Gasteiger partial charge is 0.465 e. The van der Waals surface area contributed by atoms with Crippen molar-refractivity contribution in [3.05, 3.63) is 34.4 Å². The monoisotopic (exact) mass is 350 g/mol. The Morgan fingerprint density at radius 3 is 2.84 bits per heavy atom. The molecule has 3 rings (SSSR count). The molecule has 0 aliphatic carbocycles. The number of aliphatic hydroxyl groups is 2. The third-order valence-electron chi connectivity index (χ3n) is 5.06. The normalized spacial score (nSPS) is 21.8. The third kappa shape index (κ3) is 3.33. The van der Waals surface area contributed by atoms with Crippen molar-refractivity contribution in [1.82, 2.24) is 9.80 Å². The molecule has 25 heavy (non-hydrogen) atoms. The van der Waals surface area contributed by atoms with Crippen molar-refractivity contribution >= 4 is 12.1 Å². The van der Waals surface area contributed by atoms with E-state index in [1.807, 2.05) is 11.8 Å². The molecule has 2 heterocycles. The number of carboxylic acid groups (broad SMARTS) is 1. The molecule has 3 N–H and O–H groups in total. The molecule has 2 aliphatic rings. The Kier molecular flexibility index (Phi) is 4.94. The van der Waals surface area contributed by atoms with Crippen LogP contribution in [-0.4, -0.2) is 76.0 Å². The summed E-state index contributed by atoms with van der Waals surface area (Å²) in [6.07, 6.45) is -1.80. The zero-order valence-corrected chi connectivity index (χ0v) is 14.0. The average molecular weight is 350 g/mol. The molecule has 1 aromatic rings. The molecule has 0 radical (unpaired) electrons. The number of amides is 1. The maximum absolute atomic E-state index is 11.6. The van der Waals surface area contributed by atoms with Crippen molar-refractivity contribution < 1.29 is 29.6 Å². The molecular weight excluding hydrogens is 328 g/mol. The van der Waals surface area contributed by atoms with Crippen molar-refractivity contribution in [1.29, 1.82) is 0 Å². The second kappa shape index (κ2) is 6.99. The Balaban J connectivity index is 1.73. The first-order valence-electron chi connectivity index (χ1n) is 8.22. The highest BCUT2D eigenvalue weighted by molar-refractivity contribution is 5.93. The van der Waals surface area contributed by atoms with Gasteiger partial charge in [-0.05, 0) is 24.1 Å². The number of hydrogen-bond donors (Lipinski definition) is 3. The molecule has 2 aliphatic heterocycles. The van der Waals surface area contributed by atoms with Crippen LogP contribution in [0, 0.1) is 6.92 Å². The first-order chi connectivity index (χ1) is 11.9. The summed E-state index contributed by atoms with van der Waals surface area (Å²) in [6, 6.07) is 3.05. The van der Waals surface area contributed by atoms with Gasteiger partial charge < -0.3 is 25.0 Å². The molecule has 1 saturated heterocycles. The maximum Gasteiger partial charge on any atom is 0.407 e. The Hall–Kier alpha value is -2.16. The number of benzene rings is 1. The van der Waals surface area contributed by atoms with Gasteiger partial charge in [0, 0.05) is 31.7 Å². The zero-order chi connectivity index (χ0) is 18.1. The SMILES string of the molecule is Cc1c([C@@H](O)CN2CCN(C(=O)O)CC2CO)ccc2c1COC2=O.